The molecule has 7 nitrogen and oxygen atoms in total. The second-order valence-corrected chi connectivity index (χ2v) is 31.5. The van der Waals surface area contributed by atoms with Crippen molar-refractivity contribution < 1.29 is 0 Å². The second-order valence-electron chi connectivity index (χ2n) is 31.5. The van der Waals surface area contributed by atoms with Crippen molar-refractivity contribution >= 4 is 108 Å². The van der Waals surface area contributed by atoms with Crippen LogP contribution in [-0.4, -0.2) is 34.5 Å². The molecule has 19 aromatic carbocycles. The Morgan fingerprint density at radius 1 is 0.171 bits per heavy atom. The maximum absolute atomic E-state index is 5.42. The summed E-state index contributed by atoms with van der Waals surface area (Å²) in [6.07, 6.45) is 7.58. The molecule has 0 amide bonds. The fraction of sp³-hybridized carbons (Fsp3) is 0. The van der Waals surface area contributed by atoms with E-state index in [0.29, 0.717) is 11.6 Å². The van der Waals surface area contributed by atoms with Gasteiger partial charge in [-0.15, -0.1) is 0 Å². The van der Waals surface area contributed by atoms with Gasteiger partial charge in [-0.2, -0.15) is 0 Å². The molecule has 0 unspecified atom stereocenters. The van der Waals surface area contributed by atoms with E-state index in [1.807, 2.05) is 30.7 Å². The van der Waals surface area contributed by atoms with Crippen LogP contribution >= 0.6 is 0 Å². The van der Waals surface area contributed by atoms with E-state index in [0.717, 1.165) is 106 Å². The van der Waals surface area contributed by atoms with Gasteiger partial charge in [-0.25, -0.2) is 19.9 Å². The summed E-state index contributed by atoms with van der Waals surface area (Å²) in [6, 6.07) is 150. The van der Waals surface area contributed by atoms with Crippen LogP contribution in [0.1, 0.15) is 0 Å². The Morgan fingerprint density at radius 2 is 0.512 bits per heavy atom. The number of fused-ring (bicyclic) bond motifs is 13. The molecule has 0 aliphatic carbocycles. The molecule has 0 radical (unpaired) electrons. The van der Waals surface area contributed by atoms with Gasteiger partial charge in [-0.3, -0.25) is 9.97 Å². The fourth-order valence-electron chi connectivity index (χ4n) is 18.8. The molecule has 5 aromatic heterocycles. The predicted molar refractivity (Wildman–Crippen MR) is 514 cm³/mol. The van der Waals surface area contributed by atoms with Crippen molar-refractivity contribution in [3.63, 3.8) is 0 Å². The van der Waals surface area contributed by atoms with E-state index >= 15 is 0 Å². The van der Waals surface area contributed by atoms with Gasteiger partial charge in [0.15, 0.2) is 11.6 Å². The maximum atomic E-state index is 5.42. The van der Waals surface area contributed by atoms with Crippen molar-refractivity contribution in [2.75, 3.05) is 0 Å². The summed E-state index contributed by atoms with van der Waals surface area (Å²) < 4.78 is 2.34. The van der Waals surface area contributed by atoms with E-state index in [4.69, 9.17) is 19.9 Å². The highest BCUT2D eigenvalue weighted by Gasteiger charge is 2.24. The van der Waals surface area contributed by atoms with Crippen LogP contribution in [0.5, 0.6) is 0 Å². The topological polar surface area (TPSA) is 82.3 Å². The Bertz CT molecular complexity index is 8180. The molecule has 24 aromatic rings. The molecule has 0 saturated carbocycles. The number of nitrogens with zero attached hydrogens (tertiary/aromatic N) is 7. The number of pyridine rings is 2. The minimum Gasteiger partial charge on any atom is -0.309 e. The van der Waals surface area contributed by atoms with E-state index in [2.05, 4.69) is 421 Å². The van der Waals surface area contributed by atoms with Gasteiger partial charge in [0.05, 0.1) is 33.8 Å². The van der Waals surface area contributed by atoms with Crippen LogP contribution in [0.4, 0.5) is 0 Å². The lowest BCUT2D eigenvalue weighted by Crippen LogP contribution is -1.97. The largest absolute Gasteiger partial charge is 0.309 e. The van der Waals surface area contributed by atoms with Crippen LogP contribution in [-0.2, 0) is 0 Å². The van der Waals surface area contributed by atoms with Crippen LogP contribution in [0.25, 0.3) is 237 Å². The summed E-state index contributed by atoms with van der Waals surface area (Å²) in [4.78, 5) is 30.4. The van der Waals surface area contributed by atoms with Gasteiger partial charge < -0.3 is 4.57 Å². The molecule has 0 aliphatic heterocycles. The first-order valence-corrected chi connectivity index (χ1v) is 41.8. The molecule has 24 rings (SSSR count). The standard InChI is InChI=1S/C61H38N4.C55H35N3/c1-3-16-39(17-4-1)55-37-56(52-35-40-18-7-8-23-45(40)46-24-9-10-25-47(46)52)64-61(63-55)43-20-15-19-41(34-43)59-48-26-11-13-28-50(48)60(51-29-14-12-27-49(51)59)42-30-31-57-53(36-42)54-38-62-33-32-58(54)65(57)44-21-5-2-6-22-44;1-2-14-38(15-3-1)53-46-23-8-10-25-48(46)54(49-26-11-9-24-47(49)53)40-17-12-18-41(32-40)55-57-51(37-29-27-36(28-30-37)42-19-13-31-56-35-42)34-52(58-55)50-33-39-16-4-5-20-43(39)44-21-6-7-22-45(44)50/h1-38H;1-35H. The van der Waals surface area contributed by atoms with Gasteiger partial charge in [0.2, 0.25) is 0 Å². The van der Waals surface area contributed by atoms with E-state index in [1.165, 1.54) is 120 Å². The molecule has 5 heterocycles. The van der Waals surface area contributed by atoms with Gasteiger partial charge in [0.1, 0.15) is 0 Å². The average molecular weight is 1560 g/mol. The first-order chi connectivity index (χ1) is 61.0. The van der Waals surface area contributed by atoms with Crippen LogP contribution in [0.3, 0.4) is 0 Å². The van der Waals surface area contributed by atoms with Gasteiger partial charge in [-0.1, -0.05) is 346 Å². The van der Waals surface area contributed by atoms with E-state index in [9.17, 15) is 0 Å². The van der Waals surface area contributed by atoms with Crippen molar-refractivity contribution in [2.24, 2.45) is 0 Å². The van der Waals surface area contributed by atoms with Gasteiger partial charge in [0.25, 0.3) is 0 Å². The number of benzene rings is 19. The van der Waals surface area contributed by atoms with Crippen molar-refractivity contribution in [1.29, 1.82) is 0 Å². The van der Waals surface area contributed by atoms with E-state index in [-0.39, 0.29) is 0 Å². The Morgan fingerprint density at radius 3 is 0.984 bits per heavy atom. The van der Waals surface area contributed by atoms with Crippen molar-refractivity contribution in [1.82, 2.24) is 34.5 Å². The first-order valence-electron chi connectivity index (χ1n) is 41.8. The quantitative estimate of drug-likeness (QED) is 0.0895. The summed E-state index contributed by atoms with van der Waals surface area (Å²) in [7, 11) is 0. The SMILES string of the molecule is c1ccc(-c2c3ccccc3c(-c3cccc(-c4nc(-c5ccc(-c6cccnc6)cc5)cc(-c5cc6ccccc6c6ccccc56)n4)c3)c3ccccc23)cc1.c1ccc(-c2cc(-c3cc4ccccc4c4ccccc34)nc(-c3cccc(-c4c5ccccc5c(-c5ccc6c(c5)c5cnccc5n6-c5ccccc5)c5ccccc45)c3)n2)cc1. The smallest absolute Gasteiger partial charge is 0.160 e. The lowest BCUT2D eigenvalue weighted by atomic mass is 9.85. The highest BCUT2D eigenvalue weighted by Crippen LogP contribution is 2.49. The summed E-state index contributed by atoms with van der Waals surface area (Å²) in [5.74, 6) is 1.36. The van der Waals surface area contributed by atoms with Crippen molar-refractivity contribution in [2.45, 2.75) is 0 Å². The fourth-order valence-corrected chi connectivity index (χ4v) is 18.8. The van der Waals surface area contributed by atoms with Gasteiger partial charge in [0, 0.05) is 74.6 Å². The summed E-state index contributed by atoms with van der Waals surface area (Å²) in [6.45, 7) is 0. The number of hydrogen-bond donors (Lipinski definition) is 0. The third-order valence-electron chi connectivity index (χ3n) is 24.4. The maximum Gasteiger partial charge on any atom is 0.160 e. The lowest BCUT2D eigenvalue weighted by molar-refractivity contribution is 1.17. The first kappa shape index (κ1) is 71.8. The number of rotatable bonds is 12. The zero-order valence-electron chi connectivity index (χ0n) is 66.8. The molecule has 572 valence electrons. The van der Waals surface area contributed by atoms with E-state index in [1.54, 1.807) is 6.20 Å². The Balaban J connectivity index is 0.000000143. The highest BCUT2D eigenvalue weighted by molar-refractivity contribution is 6.24. The van der Waals surface area contributed by atoms with E-state index < -0.39 is 0 Å². The molecule has 123 heavy (non-hydrogen) atoms. The van der Waals surface area contributed by atoms with Gasteiger partial charge in [-0.05, 0) is 215 Å². The van der Waals surface area contributed by atoms with Crippen LogP contribution in [0.15, 0.2) is 443 Å². The molecule has 0 bridgehead atoms. The summed E-state index contributed by atoms with van der Waals surface area (Å²) >= 11 is 0. The molecule has 0 atom stereocenters. The molecule has 7 heteroatoms. The molecule has 0 spiro atoms. The number of aromatic nitrogens is 7. The normalized spacial score (nSPS) is 11.6. The van der Waals surface area contributed by atoms with Crippen molar-refractivity contribution in [3.05, 3.63) is 443 Å². The summed E-state index contributed by atoms with van der Waals surface area (Å²) in [5.41, 5.74) is 24.7. The second kappa shape index (κ2) is 30.5. The van der Waals surface area contributed by atoms with Crippen LogP contribution < -0.4 is 0 Å². The third kappa shape index (κ3) is 12.8. The third-order valence-corrected chi connectivity index (χ3v) is 24.4. The monoisotopic (exact) mass is 1560 g/mol. The Hall–Kier alpha value is -16.5. The Labute approximate surface area is 710 Å². The van der Waals surface area contributed by atoms with Crippen molar-refractivity contribution in [3.8, 4) is 129 Å². The number of hydrogen-bond acceptors (Lipinski definition) is 6. The average Bonchev–Trinajstić information content (AvgIpc) is 0.802. The highest BCUT2D eigenvalue weighted by atomic mass is 15.0. The van der Waals surface area contributed by atoms with Gasteiger partial charge >= 0.3 is 0 Å². The van der Waals surface area contributed by atoms with Crippen LogP contribution in [0.2, 0.25) is 0 Å². The van der Waals surface area contributed by atoms with Crippen LogP contribution in [0, 0.1) is 0 Å². The zero-order chi connectivity index (χ0) is 81.3. The summed E-state index contributed by atoms with van der Waals surface area (Å²) in [5, 5.41) is 21.5. The minimum atomic E-state index is 0.678. The molecule has 0 aliphatic rings. The zero-order valence-corrected chi connectivity index (χ0v) is 66.8. The minimum absolute atomic E-state index is 0.678. The predicted octanol–water partition coefficient (Wildman–Crippen LogP) is 30.4. The molecule has 0 N–H and O–H groups in total. The Kier molecular flexibility index (Phi) is 17.8. The molecule has 0 saturated heterocycles. The lowest BCUT2D eigenvalue weighted by Gasteiger charge is -2.18. The number of para-hydroxylation sites is 1. The molecular formula is C116H73N7. The molecule has 0 fully saturated rings. The molecular weight excluding hydrogens is 1490 g/mol.